The summed E-state index contributed by atoms with van der Waals surface area (Å²) in [5.74, 6) is 0. The topological polar surface area (TPSA) is 42.7 Å². The van der Waals surface area contributed by atoms with Crippen molar-refractivity contribution < 1.29 is 13.2 Å². The molecule has 4 nitrogen and oxygen atoms in total. The van der Waals surface area contributed by atoms with E-state index in [0.717, 1.165) is 6.42 Å². The fraction of sp³-hybridized carbons (Fsp3) is 0.800. The zero-order chi connectivity index (χ0) is 12.9. The molecule has 0 amide bonds. The maximum absolute atomic E-state index is 12.4. The lowest BCUT2D eigenvalue weighted by Crippen LogP contribution is -2.36. The van der Waals surface area contributed by atoms with Crippen molar-refractivity contribution in [3.8, 4) is 0 Å². The molecule has 0 fully saturated rings. The second-order valence-electron chi connectivity index (χ2n) is 4.06. The highest BCUT2D eigenvalue weighted by atomic mass is 19.4. The molecule has 0 aliphatic heterocycles. The Balaban J connectivity index is 2.56. The van der Waals surface area contributed by atoms with Gasteiger partial charge in [0.05, 0.1) is 12.1 Å². The van der Waals surface area contributed by atoms with Crippen molar-refractivity contribution in [2.24, 2.45) is 7.05 Å². The van der Waals surface area contributed by atoms with E-state index < -0.39 is 18.6 Å². The van der Waals surface area contributed by atoms with Crippen LogP contribution in [-0.2, 0) is 13.5 Å². The van der Waals surface area contributed by atoms with Crippen molar-refractivity contribution >= 4 is 0 Å². The normalized spacial score (nSPS) is 13.9. The summed E-state index contributed by atoms with van der Waals surface area (Å²) in [6.45, 7) is 2.49. The number of alkyl halides is 3. The van der Waals surface area contributed by atoms with Crippen molar-refractivity contribution in [2.45, 2.75) is 38.4 Å². The summed E-state index contributed by atoms with van der Waals surface area (Å²) in [7, 11) is 1.69. The van der Waals surface area contributed by atoms with Crippen molar-refractivity contribution in [3.05, 3.63) is 11.9 Å². The van der Waals surface area contributed by atoms with E-state index in [2.05, 4.69) is 15.6 Å². The van der Waals surface area contributed by atoms with Crippen LogP contribution in [0.25, 0.3) is 0 Å². The molecule has 1 rings (SSSR count). The molecule has 0 aromatic carbocycles. The van der Waals surface area contributed by atoms with Crippen molar-refractivity contribution in [1.29, 1.82) is 0 Å². The first-order valence-corrected chi connectivity index (χ1v) is 5.56. The molecule has 0 aliphatic rings. The fourth-order valence-electron chi connectivity index (χ4n) is 1.59. The maximum Gasteiger partial charge on any atom is 0.390 e. The lowest BCUT2D eigenvalue weighted by molar-refractivity contribution is -0.139. The number of aromatic nitrogens is 3. The maximum atomic E-state index is 12.4. The summed E-state index contributed by atoms with van der Waals surface area (Å²) in [6, 6.07) is -0.633. The molecule has 0 spiro atoms. The van der Waals surface area contributed by atoms with Gasteiger partial charge in [0.2, 0.25) is 0 Å². The van der Waals surface area contributed by atoms with Crippen LogP contribution in [0.4, 0.5) is 13.2 Å². The Kier molecular flexibility index (Phi) is 4.92. The van der Waals surface area contributed by atoms with E-state index in [4.69, 9.17) is 0 Å². The standard InChI is InChI=1S/C10H17F3N4/c1-3-4-14-8(6-10(11,12)13)5-9-7-17(2)16-15-9/h7-8,14H,3-6H2,1-2H3. The van der Waals surface area contributed by atoms with Gasteiger partial charge in [-0.2, -0.15) is 13.2 Å². The molecule has 98 valence electrons. The molecule has 1 unspecified atom stereocenters. The van der Waals surface area contributed by atoms with E-state index in [0.29, 0.717) is 12.2 Å². The molecule has 1 aromatic rings. The molecule has 1 heterocycles. The lowest BCUT2D eigenvalue weighted by atomic mass is 10.1. The number of aryl methyl sites for hydroxylation is 1. The Morgan fingerprint density at radius 3 is 2.65 bits per heavy atom. The Morgan fingerprint density at radius 1 is 1.47 bits per heavy atom. The van der Waals surface area contributed by atoms with Gasteiger partial charge in [-0.3, -0.25) is 4.68 Å². The fourth-order valence-corrected chi connectivity index (χ4v) is 1.59. The Labute approximate surface area is 98.2 Å². The van der Waals surface area contributed by atoms with Crippen LogP contribution in [0.15, 0.2) is 6.20 Å². The van der Waals surface area contributed by atoms with Gasteiger partial charge in [-0.1, -0.05) is 12.1 Å². The van der Waals surface area contributed by atoms with Crippen LogP contribution in [0.2, 0.25) is 0 Å². The third kappa shape index (κ3) is 5.67. The van der Waals surface area contributed by atoms with E-state index >= 15 is 0 Å². The average Bonchev–Trinajstić information content (AvgIpc) is 2.58. The Bertz CT molecular complexity index is 335. The van der Waals surface area contributed by atoms with Crippen LogP contribution in [0.1, 0.15) is 25.5 Å². The number of nitrogens with zero attached hydrogens (tertiary/aromatic N) is 3. The highest BCUT2D eigenvalue weighted by Gasteiger charge is 2.31. The van der Waals surface area contributed by atoms with Gasteiger partial charge >= 0.3 is 6.18 Å². The SMILES string of the molecule is CCCNC(Cc1cn(C)nn1)CC(F)(F)F. The Hall–Kier alpha value is -1.11. The number of rotatable bonds is 6. The molecule has 17 heavy (non-hydrogen) atoms. The molecule has 0 saturated carbocycles. The molecular formula is C10H17F3N4. The molecule has 1 N–H and O–H groups in total. The quantitative estimate of drug-likeness (QED) is 0.835. The summed E-state index contributed by atoms with van der Waals surface area (Å²) in [4.78, 5) is 0. The van der Waals surface area contributed by atoms with Gasteiger partial charge in [0.1, 0.15) is 0 Å². The van der Waals surface area contributed by atoms with Gasteiger partial charge in [0, 0.05) is 25.7 Å². The number of nitrogens with one attached hydrogen (secondary N) is 1. The summed E-state index contributed by atoms with van der Waals surface area (Å²) >= 11 is 0. The summed E-state index contributed by atoms with van der Waals surface area (Å²) in [5, 5.41) is 10.4. The van der Waals surface area contributed by atoms with Crippen LogP contribution < -0.4 is 5.32 Å². The van der Waals surface area contributed by atoms with E-state index in [1.54, 1.807) is 13.2 Å². The molecule has 1 aromatic heterocycles. The van der Waals surface area contributed by atoms with Gasteiger partial charge in [0.25, 0.3) is 0 Å². The van der Waals surface area contributed by atoms with Crippen molar-refractivity contribution in [2.75, 3.05) is 6.54 Å². The van der Waals surface area contributed by atoms with Crippen LogP contribution in [-0.4, -0.2) is 33.8 Å². The van der Waals surface area contributed by atoms with Gasteiger partial charge in [-0.15, -0.1) is 5.10 Å². The molecule has 1 atom stereocenters. The van der Waals surface area contributed by atoms with Crippen LogP contribution in [0.3, 0.4) is 0 Å². The van der Waals surface area contributed by atoms with Crippen LogP contribution in [0.5, 0.6) is 0 Å². The molecule has 0 aliphatic carbocycles. The molecule has 7 heteroatoms. The number of hydrogen-bond acceptors (Lipinski definition) is 3. The lowest BCUT2D eigenvalue weighted by Gasteiger charge is -2.18. The second-order valence-corrected chi connectivity index (χ2v) is 4.06. The second kappa shape index (κ2) is 6.00. The first-order chi connectivity index (χ1) is 7.90. The predicted molar refractivity (Wildman–Crippen MR) is 57.5 cm³/mol. The highest BCUT2D eigenvalue weighted by Crippen LogP contribution is 2.22. The Morgan fingerprint density at radius 2 is 2.18 bits per heavy atom. The van der Waals surface area contributed by atoms with E-state index in [9.17, 15) is 13.2 Å². The van der Waals surface area contributed by atoms with Gasteiger partial charge in [-0.05, 0) is 13.0 Å². The van der Waals surface area contributed by atoms with Crippen LogP contribution >= 0.6 is 0 Å². The third-order valence-electron chi connectivity index (χ3n) is 2.27. The monoisotopic (exact) mass is 250 g/mol. The minimum Gasteiger partial charge on any atom is -0.313 e. The summed E-state index contributed by atoms with van der Waals surface area (Å²) in [5.41, 5.74) is 0.574. The first kappa shape index (κ1) is 14.0. The largest absolute Gasteiger partial charge is 0.390 e. The number of hydrogen-bond donors (Lipinski definition) is 1. The van der Waals surface area contributed by atoms with Gasteiger partial charge in [0.15, 0.2) is 0 Å². The van der Waals surface area contributed by atoms with Crippen molar-refractivity contribution in [1.82, 2.24) is 20.3 Å². The molecular weight excluding hydrogens is 233 g/mol. The zero-order valence-corrected chi connectivity index (χ0v) is 9.96. The summed E-state index contributed by atoms with van der Waals surface area (Å²) < 4.78 is 38.6. The van der Waals surface area contributed by atoms with E-state index in [1.165, 1.54) is 4.68 Å². The minimum absolute atomic E-state index is 0.243. The van der Waals surface area contributed by atoms with Gasteiger partial charge in [-0.25, -0.2) is 0 Å². The first-order valence-electron chi connectivity index (χ1n) is 5.56. The number of halogens is 3. The molecule has 0 bridgehead atoms. The van der Waals surface area contributed by atoms with Gasteiger partial charge < -0.3 is 5.32 Å². The van der Waals surface area contributed by atoms with E-state index in [1.807, 2.05) is 6.92 Å². The minimum atomic E-state index is -4.16. The zero-order valence-electron chi connectivity index (χ0n) is 9.96. The predicted octanol–water partition coefficient (Wildman–Crippen LogP) is 1.68. The smallest absolute Gasteiger partial charge is 0.313 e. The third-order valence-corrected chi connectivity index (χ3v) is 2.27. The molecule has 0 saturated heterocycles. The van der Waals surface area contributed by atoms with Crippen molar-refractivity contribution in [3.63, 3.8) is 0 Å². The summed E-state index contributed by atoms with van der Waals surface area (Å²) in [6.07, 6.45) is -2.32. The van der Waals surface area contributed by atoms with Crippen LogP contribution in [0, 0.1) is 0 Å². The molecule has 0 radical (unpaired) electrons. The van der Waals surface area contributed by atoms with E-state index in [-0.39, 0.29) is 6.42 Å². The average molecular weight is 250 g/mol. The highest BCUT2D eigenvalue weighted by molar-refractivity contribution is 4.96.